The molecule has 0 bridgehead atoms. The monoisotopic (exact) mass is 408 g/mol. The summed E-state index contributed by atoms with van der Waals surface area (Å²) < 4.78 is 5.57. The third-order valence-corrected chi connectivity index (χ3v) is 5.76. The molecule has 150 valence electrons. The minimum Gasteiger partial charge on any atom is -0.376 e. The van der Waals surface area contributed by atoms with Crippen LogP contribution in [0.4, 0.5) is 11.5 Å². The number of hydrogen-bond acceptors (Lipinski definition) is 6. The van der Waals surface area contributed by atoms with Gasteiger partial charge >= 0.3 is 0 Å². The van der Waals surface area contributed by atoms with Gasteiger partial charge in [0.2, 0.25) is 5.91 Å². The van der Waals surface area contributed by atoms with Gasteiger partial charge in [-0.2, -0.15) is 0 Å². The van der Waals surface area contributed by atoms with Crippen molar-refractivity contribution in [2.24, 2.45) is 0 Å². The molecule has 0 radical (unpaired) electrons. The highest BCUT2D eigenvalue weighted by Crippen LogP contribution is 2.28. The molecule has 29 heavy (non-hydrogen) atoms. The Morgan fingerprint density at radius 2 is 1.97 bits per heavy atom. The molecule has 0 unspecified atom stereocenters. The van der Waals surface area contributed by atoms with Gasteiger partial charge in [0.1, 0.15) is 5.82 Å². The molecule has 2 aromatic carbocycles. The lowest BCUT2D eigenvalue weighted by Gasteiger charge is -2.15. The van der Waals surface area contributed by atoms with Crippen LogP contribution in [0.5, 0.6) is 0 Å². The van der Waals surface area contributed by atoms with E-state index < -0.39 is 0 Å². The zero-order valence-corrected chi connectivity index (χ0v) is 17.1. The summed E-state index contributed by atoms with van der Waals surface area (Å²) in [6.07, 6.45) is 2.20. The first kappa shape index (κ1) is 19.7. The van der Waals surface area contributed by atoms with E-state index in [1.165, 1.54) is 11.8 Å². The summed E-state index contributed by atoms with van der Waals surface area (Å²) in [5.74, 6) is 0.705. The molecular formula is C22H24N4O2S. The molecule has 0 aliphatic carbocycles. The second-order valence-electron chi connectivity index (χ2n) is 7.00. The number of fused-ring (bicyclic) bond motifs is 1. The van der Waals surface area contributed by atoms with Crippen LogP contribution in [0.2, 0.25) is 0 Å². The number of anilines is 2. The summed E-state index contributed by atoms with van der Waals surface area (Å²) in [6.45, 7) is 3.22. The number of aromatic nitrogens is 2. The van der Waals surface area contributed by atoms with E-state index in [-0.39, 0.29) is 17.3 Å². The van der Waals surface area contributed by atoms with Gasteiger partial charge in [0.05, 0.1) is 16.9 Å². The molecule has 1 aliphatic heterocycles. The number of thioether (sulfide) groups is 1. The summed E-state index contributed by atoms with van der Waals surface area (Å²) in [4.78, 5) is 21.8. The average Bonchev–Trinajstić information content (AvgIpc) is 3.26. The van der Waals surface area contributed by atoms with Crippen molar-refractivity contribution in [1.29, 1.82) is 0 Å². The van der Waals surface area contributed by atoms with Gasteiger partial charge in [-0.1, -0.05) is 42.1 Å². The van der Waals surface area contributed by atoms with Gasteiger partial charge in [0.15, 0.2) is 5.16 Å². The van der Waals surface area contributed by atoms with Gasteiger partial charge in [0.25, 0.3) is 0 Å². The van der Waals surface area contributed by atoms with Crippen LogP contribution in [-0.2, 0) is 9.53 Å². The molecule has 1 saturated heterocycles. The number of amides is 1. The Kier molecular flexibility index (Phi) is 6.27. The molecule has 6 nitrogen and oxygen atoms in total. The molecule has 1 fully saturated rings. The largest absolute Gasteiger partial charge is 0.376 e. The van der Waals surface area contributed by atoms with Crippen molar-refractivity contribution in [3.05, 3.63) is 54.6 Å². The van der Waals surface area contributed by atoms with Gasteiger partial charge in [-0.25, -0.2) is 9.97 Å². The molecule has 0 spiro atoms. The van der Waals surface area contributed by atoms with Crippen LogP contribution in [0.15, 0.2) is 59.8 Å². The summed E-state index contributed by atoms with van der Waals surface area (Å²) in [5, 5.41) is 7.56. The van der Waals surface area contributed by atoms with E-state index in [0.717, 1.165) is 41.9 Å². The van der Waals surface area contributed by atoms with Crippen molar-refractivity contribution in [1.82, 2.24) is 15.3 Å². The zero-order valence-electron chi connectivity index (χ0n) is 16.3. The first-order chi connectivity index (χ1) is 14.2. The van der Waals surface area contributed by atoms with Crippen LogP contribution in [0.1, 0.15) is 19.8 Å². The van der Waals surface area contributed by atoms with Crippen molar-refractivity contribution < 1.29 is 9.53 Å². The van der Waals surface area contributed by atoms with E-state index in [4.69, 9.17) is 9.72 Å². The number of benzene rings is 2. The minimum atomic E-state index is -0.304. The lowest BCUT2D eigenvalue weighted by atomic mass is 10.2. The van der Waals surface area contributed by atoms with Gasteiger partial charge < -0.3 is 15.4 Å². The number of hydrogen-bond donors (Lipinski definition) is 2. The topological polar surface area (TPSA) is 76.1 Å². The maximum absolute atomic E-state index is 12.5. The summed E-state index contributed by atoms with van der Waals surface area (Å²) >= 11 is 1.36. The molecule has 0 saturated carbocycles. The van der Waals surface area contributed by atoms with Gasteiger partial charge in [-0.05, 0) is 44.0 Å². The fourth-order valence-electron chi connectivity index (χ4n) is 3.24. The highest BCUT2D eigenvalue weighted by atomic mass is 32.2. The van der Waals surface area contributed by atoms with Gasteiger partial charge in [-0.3, -0.25) is 4.79 Å². The summed E-state index contributed by atoms with van der Waals surface area (Å²) in [5.41, 5.74) is 1.80. The Bertz CT molecular complexity index is 977. The highest BCUT2D eigenvalue weighted by Gasteiger charge is 2.20. The zero-order chi connectivity index (χ0) is 20.1. The lowest BCUT2D eigenvalue weighted by molar-refractivity contribution is -0.120. The van der Waals surface area contributed by atoms with Crippen molar-refractivity contribution in [3.8, 4) is 0 Å². The van der Waals surface area contributed by atoms with E-state index in [2.05, 4.69) is 15.6 Å². The average molecular weight is 409 g/mol. The molecule has 1 aromatic heterocycles. The lowest BCUT2D eigenvalue weighted by Crippen LogP contribution is -2.36. The Hall–Kier alpha value is -2.64. The number of ether oxygens (including phenoxy) is 1. The summed E-state index contributed by atoms with van der Waals surface area (Å²) in [7, 11) is 0. The number of carbonyl (C=O) groups is 1. The Balaban J connectivity index is 1.50. The molecule has 2 heterocycles. The number of para-hydroxylation sites is 2. The summed E-state index contributed by atoms with van der Waals surface area (Å²) in [6, 6.07) is 17.8. The predicted octanol–water partition coefficient (Wildman–Crippen LogP) is 4.15. The van der Waals surface area contributed by atoms with Crippen LogP contribution >= 0.6 is 11.8 Å². The number of rotatable bonds is 7. The van der Waals surface area contributed by atoms with Crippen molar-refractivity contribution in [2.75, 3.05) is 18.5 Å². The van der Waals surface area contributed by atoms with Crippen molar-refractivity contribution in [3.63, 3.8) is 0 Å². The molecule has 1 amide bonds. The van der Waals surface area contributed by atoms with E-state index in [9.17, 15) is 4.79 Å². The van der Waals surface area contributed by atoms with Crippen molar-refractivity contribution >= 4 is 40.1 Å². The molecule has 1 aliphatic rings. The minimum absolute atomic E-state index is 0.0279. The smallest absolute Gasteiger partial charge is 0.233 e. The quantitative estimate of drug-likeness (QED) is 0.452. The van der Waals surface area contributed by atoms with Crippen LogP contribution in [0.25, 0.3) is 10.9 Å². The first-order valence-electron chi connectivity index (χ1n) is 9.84. The normalized spacial score (nSPS) is 17.2. The molecule has 2 atom stereocenters. The molecular weight excluding hydrogens is 384 g/mol. The van der Waals surface area contributed by atoms with E-state index in [0.29, 0.717) is 11.7 Å². The van der Waals surface area contributed by atoms with Crippen LogP contribution in [0.3, 0.4) is 0 Å². The highest BCUT2D eigenvalue weighted by molar-refractivity contribution is 8.00. The number of carbonyl (C=O) groups excluding carboxylic acids is 1. The molecule has 7 heteroatoms. The van der Waals surface area contributed by atoms with Crippen LogP contribution in [-0.4, -0.2) is 40.4 Å². The van der Waals surface area contributed by atoms with Crippen LogP contribution < -0.4 is 10.6 Å². The first-order valence-corrected chi connectivity index (χ1v) is 10.7. The SMILES string of the molecule is C[C@@H](Sc1nc(Nc2ccccc2)c2ccccc2n1)C(=O)NC[C@H]1CCCO1. The van der Waals surface area contributed by atoms with E-state index in [1.807, 2.05) is 61.5 Å². The third-order valence-electron chi connectivity index (χ3n) is 4.80. The fourth-order valence-corrected chi connectivity index (χ4v) is 4.04. The Morgan fingerprint density at radius 3 is 2.76 bits per heavy atom. The van der Waals surface area contributed by atoms with Gasteiger partial charge in [-0.15, -0.1) is 0 Å². The second kappa shape index (κ2) is 9.24. The van der Waals surface area contributed by atoms with Gasteiger partial charge in [0, 0.05) is 24.2 Å². The predicted molar refractivity (Wildman–Crippen MR) is 117 cm³/mol. The Labute approximate surface area is 174 Å². The standard InChI is InChI=1S/C22H24N4O2S/c1-15(21(27)23-14-17-10-7-13-28-17)29-22-25-19-12-6-5-11-18(19)20(26-22)24-16-8-3-2-4-9-16/h2-6,8-9,11-12,15,17H,7,10,13-14H2,1H3,(H,23,27)(H,24,25,26)/t15-,17-/m1/s1. The third kappa shape index (κ3) is 5.05. The van der Waals surface area contributed by atoms with Crippen molar-refractivity contribution in [2.45, 2.75) is 36.3 Å². The molecule has 3 aromatic rings. The number of nitrogens with zero attached hydrogens (tertiary/aromatic N) is 2. The fraction of sp³-hybridized carbons (Fsp3) is 0.318. The molecule has 2 N–H and O–H groups in total. The second-order valence-corrected chi connectivity index (χ2v) is 8.31. The van der Waals surface area contributed by atoms with E-state index in [1.54, 1.807) is 0 Å². The maximum Gasteiger partial charge on any atom is 0.233 e. The maximum atomic E-state index is 12.5. The van der Waals surface area contributed by atoms with Crippen LogP contribution in [0, 0.1) is 0 Å². The molecule has 4 rings (SSSR count). The Morgan fingerprint density at radius 1 is 1.17 bits per heavy atom. The van der Waals surface area contributed by atoms with E-state index >= 15 is 0 Å². The number of nitrogens with one attached hydrogen (secondary N) is 2.